The molecule has 0 amide bonds. The first kappa shape index (κ1) is 38.6. The van der Waals surface area contributed by atoms with Gasteiger partial charge in [0.15, 0.2) is 17.5 Å². The highest BCUT2D eigenvalue weighted by Crippen LogP contribution is 2.42. The van der Waals surface area contributed by atoms with Crippen molar-refractivity contribution >= 4 is 53.3 Å². The van der Waals surface area contributed by atoms with Crippen LogP contribution in [0.4, 0.5) is 0 Å². The maximum Gasteiger partial charge on any atom is 0.166 e. The minimum atomic E-state index is 0.548. The van der Waals surface area contributed by atoms with Gasteiger partial charge in [0.1, 0.15) is 0 Å². The van der Waals surface area contributed by atoms with E-state index in [9.17, 15) is 10.5 Å². The maximum atomic E-state index is 9.80. The fraction of sp³-hybridized carbons (Fsp3) is 0. The Hall–Kier alpha value is -9.01. The monoisotopic (exact) mass is 858 g/mol. The fourth-order valence-electron chi connectivity index (χ4n) is 9.10. The van der Waals surface area contributed by atoms with Crippen molar-refractivity contribution in [3.05, 3.63) is 217 Å². The van der Waals surface area contributed by atoms with Gasteiger partial charge in [-0.05, 0) is 112 Å². The molecule has 12 aromatic rings. The molecule has 0 fully saturated rings. The second kappa shape index (κ2) is 16.0. The third-order valence-corrected chi connectivity index (χ3v) is 13.5. The molecule has 66 heavy (non-hydrogen) atoms. The lowest BCUT2D eigenvalue weighted by molar-refractivity contribution is 1.06. The van der Waals surface area contributed by atoms with Crippen molar-refractivity contribution in [2.45, 2.75) is 0 Å². The molecule has 0 N–H and O–H groups in total. The van der Waals surface area contributed by atoms with Crippen molar-refractivity contribution in [2.75, 3.05) is 0 Å². The highest BCUT2D eigenvalue weighted by Gasteiger charge is 2.22. The smallest absolute Gasteiger partial charge is 0.166 e. The van der Waals surface area contributed by atoms with Crippen molar-refractivity contribution in [3.63, 3.8) is 0 Å². The highest BCUT2D eigenvalue weighted by molar-refractivity contribution is 7.25. The average Bonchev–Trinajstić information content (AvgIpc) is 3.93. The second-order valence-corrected chi connectivity index (χ2v) is 17.3. The van der Waals surface area contributed by atoms with Gasteiger partial charge in [0.05, 0.1) is 40.0 Å². The van der Waals surface area contributed by atoms with E-state index in [1.807, 2.05) is 121 Å². The van der Waals surface area contributed by atoms with Crippen molar-refractivity contribution in [1.29, 1.82) is 10.5 Å². The van der Waals surface area contributed by atoms with Gasteiger partial charge >= 0.3 is 0 Å². The van der Waals surface area contributed by atoms with Gasteiger partial charge in [-0.1, -0.05) is 127 Å². The molecule has 0 aliphatic rings. The summed E-state index contributed by atoms with van der Waals surface area (Å²) in [6, 6.07) is 75.2. The van der Waals surface area contributed by atoms with Crippen LogP contribution in [0.2, 0.25) is 0 Å². The molecule has 9 aromatic carbocycles. The molecule has 0 saturated heterocycles. The number of thiophene rings is 1. The zero-order valence-corrected chi connectivity index (χ0v) is 36.0. The number of benzene rings is 9. The molecule has 0 spiro atoms. The summed E-state index contributed by atoms with van der Waals surface area (Å²) in [5.41, 5.74) is 12.8. The first-order chi connectivity index (χ1) is 32.6. The van der Waals surface area contributed by atoms with Gasteiger partial charge in [-0.2, -0.15) is 10.5 Å². The Morgan fingerprint density at radius 1 is 0.348 bits per heavy atom. The zero-order chi connectivity index (χ0) is 44.1. The van der Waals surface area contributed by atoms with Gasteiger partial charge in [0.2, 0.25) is 0 Å². The third-order valence-electron chi connectivity index (χ3n) is 12.3. The van der Waals surface area contributed by atoms with Crippen LogP contribution in [0.1, 0.15) is 11.1 Å². The Morgan fingerprint density at radius 3 is 1.39 bits per heavy atom. The fourth-order valence-corrected chi connectivity index (χ4v) is 10.2. The number of hydrogen-bond donors (Lipinski definition) is 0. The van der Waals surface area contributed by atoms with Crippen LogP contribution in [0, 0.1) is 22.7 Å². The van der Waals surface area contributed by atoms with E-state index in [-0.39, 0.29) is 0 Å². The Morgan fingerprint density at radius 2 is 0.803 bits per heavy atom. The van der Waals surface area contributed by atoms with E-state index in [1.54, 1.807) is 0 Å². The molecule has 0 aliphatic carbocycles. The molecule has 6 nitrogen and oxygen atoms in total. The number of aromatic nitrogens is 4. The summed E-state index contributed by atoms with van der Waals surface area (Å²) in [4.78, 5) is 15.7. The van der Waals surface area contributed by atoms with Crippen molar-refractivity contribution < 1.29 is 0 Å². The quantitative estimate of drug-likeness (QED) is 0.159. The molecule has 3 heterocycles. The van der Waals surface area contributed by atoms with Crippen LogP contribution in [0.15, 0.2) is 206 Å². The molecule has 7 heteroatoms. The lowest BCUT2D eigenvalue weighted by Gasteiger charge is -2.17. The largest absolute Gasteiger partial charge is 0.308 e. The summed E-state index contributed by atoms with van der Waals surface area (Å²) >= 11 is 1.81. The average molecular weight is 859 g/mol. The van der Waals surface area contributed by atoms with Crippen LogP contribution in [0.5, 0.6) is 0 Å². The van der Waals surface area contributed by atoms with E-state index < -0.39 is 0 Å². The first-order valence-electron chi connectivity index (χ1n) is 21.6. The lowest BCUT2D eigenvalue weighted by atomic mass is 9.99. The zero-order valence-electron chi connectivity index (χ0n) is 35.2. The van der Waals surface area contributed by atoms with E-state index in [2.05, 4.69) is 114 Å². The summed E-state index contributed by atoms with van der Waals surface area (Å²) in [7, 11) is 0. The molecule has 0 saturated carbocycles. The molecule has 306 valence electrons. The number of hydrogen-bond acceptors (Lipinski definition) is 6. The summed E-state index contributed by atoms with van der Waals surface area (Å²) < 4.78 is 4.83. The molecule has 0 unspecified atom stereocenters. The number of nitrogens with zero attached hydrogens (tertiary/aromatic N) is 6. The van der Waals surface area contributed by atoms with E-state index >= 15 is 0 Å². The topological polar surface area (TPSA) is 91.2 Å². The summed E-state index contributed by atoms with van der Waals surface area (Å²) in [5.74, 6) is 1.71. The van der Waals surface area contributed by atoms with Crippen molar-refractivity contribution in [1.82, 2.24) is 19.5 Å². The van der Waals surface area contributed by atoms with Crippen LogP contribution in [-0.4, -0.2) is 19.5 Å². The van der Waals surface area contributed by atoms with Crippen LogP contribution in [0.25, 0.3) is 115 Å². The number of rotatable bonds is 7. The maximum absolute atomic E-state index is 9.80. The Bertz CT molecular complexity index is 3790. The van der Waals surface area contributed by atoms with Gasteiger partial charge in [-0.15, -0.1) is 11.3 Å². The molecular formula is C59H34N6S. The Labute approximate surface area is 384 Å². The summed E-state index contributed by atoms with van der Waals surface area (Å²) in [6.45, 7) is 0. The molecule has 0 bridgehead atoms. The molecular weight excluding hydrogens is 825 g/mol. The molecule has 3 aromatic heterocycles. The van der Waals surface area contributed by atoms with E-state index in [0.717, 1.165) is 77.6 Å². The highest BCUT2D eigenvalue weighted by atomic mass is 32.1. The van der Waals surface area contributed by atoms with Gasteiger partial charge in [-0.3, -0.25) is 0 Å². The Balaban J connectivity index is 1.15. The normalized spacial score (nSPS) is 11.3. The van der Waals surface area contributed by atoms with E-state index in [1.165, 1.54) is 20.2 Å². The summed E-state index contributed by atoms with van der Waals surface area (Å²) in [5, 5.41) is 24.1. The third kappa shape index (κ3) is 6.76. The number of fused-ring (bicyclic) bond motifs is 6. The minimum absolute atomic E-state index is 0.548. The molecule has 12 rings (SSSR count). The van der Waals surface area contributed by atoms with Gasteiger partial charge < -0.3 is 4.57 Å². The standard InChI is InChI=1S/C59H34N6S/c60-35-37-11-9-17-41(29-37)43-21-25-52-48(31-43)49-32-44(42-18-10-12-38(30-42)36-61)22-26-53(49)65(52)54-27-23-45(46-24-28-56-50(33-46)47-19-7-8-20-55(47)66-56)34-51(54)59-63-57(39-13-3-1-4-14-39)62-58(64-59)40-15-5-2-6-16-40/h1-34H. The van der Waals surface area contributed by atoms with Gasteiger partial charge in [0.25, 0.3) is 0 Å². The van der Waals surface area contributed by atoms with Gasteiger partial charge in [0, 0.05) is 47.6 Å². The predicted molar refractivity (Wildman–Crippen MR) is 269 cm³/mol. The molecule has 0 aliphatic heterocycles. The van der Waals surface area contributed by atoms with Crippen LogP contribution >= 0.6 is 11.3 Å². The van der Waals surface area contributed by atoms with E-state index in [0.29, 0.717) is 28.6 Å². The minimum Gasteiger partial charge on any atom is -0.308 e. The molecule has 0 atom stereocenters. The first-order valence-corrected chi connectivity index (χ1v) is 22.4. The number of nitriles is 2. The molecule has 0 radical (unpaired) electrons. The summed E-state index contributed by atoms with van der Waals surface area (Å²) in [6.07, 6.45) is 0. The van der Waals surface area contributed by atoms with Crippen LogP contribution in [0.3, 0.4) is 0 Å². The van der Waals surface area contributed by atoms with Crippen LogP contribution < -0.4 is 0 Å². The second-order valence-electron chi connectivity index (χ2n) is 16.3. The predicted octanol–water partition coefficient (Wildman–Crippen LogP) is 15.1. The SMILES string of the molecule is N#Cc1cccc(-c2ccc3c(c2)c2cc(-c4cccc(C#N)c4)ccc2n3-c2ccc(-c3ccc4sc5ccccc5c4c3)cc2-c2nc(-c3ccccc3)nc(-c3ccccc3)n2)c1. The Kier molecular flexibility index (Phi) is 9.35. The van der Waals surface area contributed by atoms with Gasteiger partial charge in [-0.25, -0.2) is 15.0 Å². The lowest BCUT2D eigenvalue weighted by Crippen LogP contribution is -2.04. The van der Waals surface area contributed by atoms with Crippen molar-refractivity contribution in [2.24, 2.45) is 0 Å². The van der Waals surface area contributed by atoms with Crippen molar-refractivity contribution in [3.8, 4) is 85.4 Å². The van der Waals surface area contributed by atoms with E-state index in [4.69, 9.17) is 15.0 Å². The van der Waals surface area contributed by atoms with Crippen LogP contribution in [-0.2, 0) is 0 Å².